The summed E-state index contributed by atoms with van der Waals surface area (Å²) in [5.41, 5.74) is 2.55. The van der Waals surface area contributed by atoms with E-state index in [-0.39, 0.29) is 0 Å². The molecule has 3 rings (SSSR count). The number of benzene rings is 2. The first-order valence-corrected chi connectivity index (χ1v) is 9.80. The molecule has 5 nitrogen and oxygen atoms in total. The van der Waals surface area contributed by atoms with Crippen molar-refractivity contribution < 1.29 is 18.7 Å². The van der Waals surface area contributed by atoms with Gasteiger partial charge in [-0.15, -0.1) is 11.3 Å². The number of nitrogens with zero attached hydrogens (tertiary/aromatic N) is 1. The third-order valence-corrected chi connectivity index (χ3v) is 5.61. The molecule has 7 heteroatoms. The fourth-order valence-electron chi connectivity index (χ4n) is 2.74. The van der Waals surface area contributed by atoms with Gasteiger partial charge in [0, 0.05) is 0 Å². The van der Waals surface area contributed by atoms with Crippen LogP contribution in [0.15, 0.2) is 66.0 Å². The number of carboxylic acids is 1. The topological polar surface area (TPSA) is 80.7 Å². The first-order valence-electron chi connectivity index (χ1n) is 7.89. The molecule has 1 atom stereocenters. The van der Waals surface area contributed by atoms with Crippen molar-refractivity contribution in [3.05, 3.63) is 82.7 Å². The van der Waals surface area contributed by atoms with Crippen LogP contribution >= 0.6 is 11.3 Å². The summed E-state index contributed by atoms with van der Waals surface area (Å²) in [4.78, 5) is 11.3. The third kappa shape index (κ3) is 4.19. The van der Waals surface area contributed by atoms with E-state index in [0.29, 0.717) is 29.1 Å². The fraction of sp³-hybridized carbons (Fsp3) is 0.105. The molecular weight excluding hydrogens is 370 g/mol. The van der Waals surface area contributed by atoms with Crippen LogP contribution in [-0.2, 0) is 24.1 Å². The van der Waals surface area contributed by atoms with Crippen molar-refractivity contribution in [2.45, 2.75) is 12.8 Å². The quantitative estimate of drug-likeness (QED) is 0.618. The number of hydrogen-bond donors (Lipinski definition) is 1. The summed E-state index contributed by atoms with van der Waals surface area (Å²) >= 11 is -1.08. The maximum atomic E-state index is 11.7. The molecule has 0 saturated heterocycles. The van der Waals surface area contributed by atoms with Gasteiger partial charge in [0.2, 0.25) is 0 Å². The van der Waals surface area contributed by atoms with Crippen LogP contribution in [0.5, 0.6) is 0 Å². The maximum Gasteiger partial charge on any atom is 0.335 e. The number of anilines is 2. The van der Waals surface area contributed by atoms with E-state index in [4.69, 9.17) is 0 Å². The fourth-order valence-corrected chi connectivity index (χ4v) is 4.20. The molecule has 0 saturated carbocycles. The Balaban J connectivity index is 1.82. The molecule has 26 heavy (non-hydrogen) atoms. The molecule has 1 heterocycles. The highest BCUT2D eigenvalue weighted by Gasteiger charge is 2.13. The second kappa shape index (κ2) is 8.27. The van der Waals surface area contributed by atoms with Gasteiger partial charge >= 0.3 is 5.97 Å². The molecule has 0 amide bonds. The second-order valence-electron chi connectivity index (χ2n) is 5.59. The zero-order valence-corrected chi connectivity index (χ0v) is 15.3. The van der Waals surface area contributed by atoms with E-state index in [1.807, 2.05) is 23.6 Å². The summed E-state index contributed by atoms with van der Waals surface area (Å²) in [5, 5.41) is 11.7. The predicted octanol–water partition coefficient (Wildman–Crippen LogP) is 4.16. The van der Waals surface area contributed by atoms with Crippen LogP contribution in [-0.4, -0.2) is 19.8 Å². The molecular formula is C19H16NO4S2-. The van der Waals surface area contributed by atoms with Crippen molar-refractivity contribution in [2.75, 3.05) is 4.31 Å². The van der Waals surface area contributed by atoms with Gasteiger partial charge < -0.3 is 9.66 Å². The van der Waals surface area contributed by atoms with Gasteiger partial charge in [0.05, 0.1) is 22.5 Å². The number of aryl methyl sites for hydroxylation is 2. The molecule has 1 unspecified atom stereocenters. The SMILES string of the molecule is O=C(O)c1ccccc1CCc1cccc(N(c2cccs2)S(=O)[O-])c1. The summed E-state index contributed by atoms with van der Waals surface area (Å²) in [5.74, 6) is -0.944. The average Bonchev–Trinajstić information content (AvgIpc) is 3.14. The molecule has 3 aromatic rings. The highest BCUT2D eigenvalue weighted by atomic mass is 32.2. The van der Waals surface area contributed by atoms with Gasteiger partial charge in [-0.1, -0.05) is 30.3 Å². The Bertz CT molecular complexity index is 925. The van der Waals surface area contributed by atoms with Crippen molar-refractivity contribution >= 4 is 39.3 Å². The van der Waals surface area contributed by atoms with Crippen LogP contribution < -0.4 is 4.31 Å². The van der Waals surface area contributed by atoms with Crippen molar-refractivity contribution in [2.24, 2.45) is 0 Å². The minimum Gasteiger partial charge on any atom is -0.755 e. The summed E-state index contributed by atoms with van der Waals surface area (Å²) in [6.45, 7) is 0. The Hall–Kier alpha value is -2.48. The summed E-state index contributed by atoms with van der Waals surface area (Å²) in [6.07, 6.45) is 1.17. The Kier molecular flexibility index (Phi) is 5.82. The van der Waals surface area contributed by atoms with Crippen molar-refractivity contribution in [1.82, 2.24) is 0 Å². The summed E-state index contributed by atoms with van der Waals surface area (Å²) < 4.78 is 24.6. The van der Waals surface area contributed by atoms with Gasteiger partial charge in [0.1, 0.15) is 5.00 Å². The lowest BCUT2D eigenvalue weighted by Crippen LogP contribution is -2.18. The van der Waals surface area contributed by atoms with Crippen LogP contribution in [0.2, 0.25) is 0 Å². The smallest absolute Gasteiger partial charge is 0.335 e. The van der Waals surface area contributed by atoms with Crippen molar-refractivity contribution in [3.63, 3.8) is 0 Å². The third-order valence-electron chi connectivity index (χ3n) is 3.93. The number of carboxylic acid groups (broad SMARTS) is 1. The van der Waals surface area contributed by atoms with E-state index >= 15 is 0 Å². The van der Waals surface area contributed by atoms with E-state index in [0.717, 1.165) is 11.1 Å². The van der Waals surface area contributed by atoms with E-state index < -0.39 is 17.2 Å². The summed E-state index contributed by atoms with van der Waals surface area (Å²) in [6, 6.07) is 17.7. The number of thiophene rings is 1. The number of carbonyl (C=O) groups is 1. The van der Waals surface area contributed by atoms with Crippen molar-refractivity contribution in [1.29, 1.82) is 0 Å². The highest BCUT2D eigenvalue weighted by Crippen LogP contribution is 2.31. The Morgan fingerprint density at radius 3 is 2.58 bits per heavy atom. The van der Waals surface area contributed by atoms with E-state index in [1.54, 1.807) is 42.5 Å². The number of aromatic carboxylic acids is 1. The van der Waals surface area contributed by atoms with Gasteiger partial charge in [0.25, 0.3) is 0 Å². The Morgan fingerprint density at radius 1 is 1.08 bits per heavy atom. The molecule has 0 aliphatic carbocycles. The van der Waals surface area contributed by atoms with Gasteiger partial charge in [-0.3, -0.25) is 8.51 Å². The van der Waals surface area contributed by atoms with Crippen LogP contribution in [0.4, 0.5) is 10.7 Å². The molecule has 134 valence electrons. The Labute approximate surface area is 158 Å². The number of rotatable bonds is 7. The highest BCUT2D eigenvalue weighted by molar-refractivity contribution is 7.81. The zero-order valence-electron chi connectivity index (χ0n) is 13.7. The van der Waals surface area contributed by atoms with Crippen LogP contribution in [0.25, 0.3) is 0 Å². The van der Waals surface area contributed by atoms with E-state index in [1.165, 1.54) is 15.6 Å². The first-order chi connectivity index (χ1) is 12.6. The largest absolute Gasteiger partial charge is 0.755 e. The maximum absolute atomic E-state index is 11.7. The van der Waals surface area contributed by atoms with Gasteiger partial charge in [-0.2, -0.15) is 0 Å². The van der Waals surface area contributed by atoms with Gasteiger partial charge in [-0.25, -0.2) is 4.79 Å². The second-order valence-corrected chi connectivity index (χ2v) is 7.32. The van der Waals surface area contributed by atoms with Crippen LogP contribution in [0, 0.1) is 0 Å². The lowest BCUT2D eigenvalue weighted by Gasteiger charge is -2.25. The average molecular weight is 386 g/mol. The standard InChI is InChI=1S/C19H17NO4S2/c21-19(22)17-8-2-1-6-15(17)11-10-14-5-3-7-16(13-14)20(26(23)24)18-9-4-12-25-18/h1-9,12-13H,10-11H2,(H,21,22)(H,23,24)/p-1. The minimum absolute atomic E-state index is 0.296. The molecule has 0 aliphatic heterocycles. The lowest BCUT2D eigenvalue weighted by atomic mass is 9.99. The van der Waals surface area contributed by atoms with Gasteiger partial charge in [0.15, 0.2) is 0 Å². The lowest BCUT2D eigenvalue weighted by molar-refractivity contribution is 0.0695. The molecule has 0 fully saturated rings. The molecule has 1 N–H and O–H groups in total. The molecule has 2 aromatic carbocycles. The first kappa shape index (κ1) is 18.3. The predicted molar refractivity (Wildman–Crippen MR) is 103 cm³/mol. The van der Waals surface area contributed by atoms with Gasteiger partial charge in [-0.05, 0) is 59.7 Å². The zero-order chi connectivity index (χ0) is 18.5. The van der Waals surface area contributed by atoms with E-state index in [9.17, 15) is 18.7 Å². The normalized spacial score (nSPS) is 11.9. The summed E-state index contributed by atoms with van der Waals surface area (Å²) in [7, 11) is 0. The van der Waals surface area contributed by atoms with Crippen LogP contribution in [0.1, 0.15) is 21.5 Å². The number of hydrogen-bond acceptors (Lipinski definition) is 4. The molecule has 0 aliphatic rings. The molecule has 0 radical (unpaired) electrons. The molecule has 0 spiro atoms. The molecule has 1 aromatic heterocycles. The molecule has 0 bridgehead atoms. The Morgan fingerprint density at radius 2 is 1.88 bits per heavy atom. The van der Waals surface area contributed by atoms with Crippen molar-refractivity contribution in [3.8, 4) is 0 Å². The van der Waals surface area contributed by atoms with E-state index in [2.05, 4.69) is 0 Å². The van der Waals surface area contributed by atoms with Crippen LogP contribution in [0.3, 0.4) is 0 Å². The monoisotopic (exact) mass is 386 g/mol. The minimum atomic E-state index is -2.43.